The van der Waals surface area contributed by atoms with Crippen LogP contribution in [0, 0.1) is 0 Å². The predicted molar refractivity (Wildman–Crippen MR) is 72.0 cm³/mol. The van der Waals surface area contributed by atoms with Gasteiger partial charge in [-0.2, -0.15) is 0 Å². The van der Waals surface area contributed by atoms with Gasteiger partial charge in [0.25, 0.3) is 0 Å². The third kappa shape index (κ3) is 4.29. The van der Waals surface area contributed by atoms with Gasteiger partial charge in [-0.3, -0.25) is 4.79 Å². The highest BCUT2D eigenvalue weighted by Crippen LogP contribution is 2.31. The highest BCUT2D eigenvalue weighted by molar-refractivity contribution is 9.10. The third-order valence-corrected chi connectivity index (χ3v) is 2.63. The normalized spacial score (nSPS) is 10.4. The topological polar surface area (TPSA) is 81.8 Å². The van der Waals surface area contributed by atoms with E-state index >= 15 is 0 Å². The number of halogens is 1. The van der Waals surface area contributed by atoms with Gasteiger partial charge in [0.2, 0.25) is 0 Å². The van der Waals surface area contributed by atoms with Crippen molar-refractivity contribution in [1.82, 2.24) is 0 Å². The average Bonchev–Trinajstić information content (AvgIpc) is 2.30. The minimum absolute atomic E-state index is 0.0287. The van der Waals surface area contributed by atoms with Crippen LogP contribution in [0.4, 0.5) is 5.69 Å². The monoisotopic (exact) mass is 317 g/mol. The Labute approximate surface area is 114 Å². The van der Waals surface area contributed by atoms with Crippen molar-refractivity contribution in [2.24, 2.45) is 0 Å². The number of nitrogen functional groups attached to an aromatic ring is 1. The summed E-state index contributed by atoms with van der Waals surface area (Å²) in [4.78, 5) is 11.5. The molecule has 6 heteroatoms. The zero-order valence-corrected chi connectivity index (χ0v) is 11.7. The van der Waals surface area contributed by atoms with Crippen molar-refractivity contribution < 1.29 is 19.4 Å². The van der Waals surface area contributed by atoms with Gasteiger partial charge in [-0.25, -0.2) is 0 Å². The second-order valence-electron chi connectivity index (χ2n) is 3.61. The van der Waals surface area contributed by atoms with E-state index in [0.717, 1.165) is 4.47 Å². The molecule has 0 fully saturated rings. The maximum atomic E-state index is 11.5. The molecule has 1 aromatic carbocycles. The fraction of sp³-hybridized carbons (Fsp3) is 0.417. The Kier molecular flexibility index (Phi) is 6.11. The van der Waals surface area contributed by atoms with Crippen molar-refractivity contribution >= 4 is 27.4 Å². The van der Waals surface area contributed by atoms with Crippen LogP contribution in [0.1, 0.15) is 17.3 Å². The van der Waals surface area contributed by atoms with Crippen LogP contribution >= 0.6 is 15.9 Å². The van der Waals surface area contributed by atoms with E-state index in [1.54, 1.807) is 12.1 Å². The molecule has 0 radical (unpaired) electrons. The molecule has 0 atom stereocenters. The Morgan fingerprint density at radius 3 is 2.72 bits per heavy atom. The first-order valence-corrected chi connectivity index (χ1v) is 6.27. The summed E-state index contributed by atoms with van der Waals surface area (Å²) in [7, 11) is 0. The molecule has 0 saturated heterocycles. The van der Waals surface area contributed by atoms with Crippen LogP contribution in [0.15, 0.2) is 16.6 Å². The molecule has 0 spiro atoms. The van der Waals surface area contributed by atoms with Gasteiger partial charge in [0.1, 0.15) is 6.61 Å². The fourth-order valence-corrected chi connectivity index (χ4v) is 1.88. The van der Waals surface area contributed by atoms with Crippen LogP contribution in [0.25, 0.3) is 0 Å². The number of benzene rings is 1. The lowest BCUT2D eigenvalue weighted by atomic mass is 10.1. The Balaban J connectivity index is 2.71. The highest BCUT2D eigenvalue weighted by atomic mass is 79.9. The van der Waals surface area contributed by atoms with Crippen LogP contribution in [0.5, 0.6) is 5.75 Å². The molecule has 0 heterocycles. The van der Waals surface area contributed by atoms with Gasteiger partial charge in [-0.1, -0.05) is 15.9 Å². The third-order valence-electron chi connectivity index (χ3n) is 2.17. The quantitative estimate of drug-likeness (QED) is 0.453. The molecular formula is C12H16BrNO4. The molecule has 0 aliphatic heterocycles. The molecule has 0 unspecified atom stereocenters. The lowest BCUT2D eigenvalue weighted by Crippen LogP contribution is -2.12. The minimum Gasteiger partial charge on any atom is -0.488 e. The number of ether oxygens (including phenoxy) is 2. The van der Waals surface area contributed by atoms with Crippen molar-refractivity contribution in [3.63, 3.8) is 0 Å². The van der Waals surface area contributed by atoms with Gasteiger partial charge in [-0.15, -0.1) is 0 Å². The van der Waals surface area contributed by atoms with E-state index in [2.05, 4.69) is 15.9 Å². The van der Waals surface area contributed by atoms with E-state index in [1.165, 1.54) is 6.92 Å². The number of carbonyl (C=O) groups excluding carboxylic acids is 1. The summed E-state index contributed by atoms with van der Waals surface area (Å²) in [5, 5.41) is 8.54. The number of nitrogens with two attached hydrogens (primary N) is 1. The van der Waals surface area contributed by atoms with Crippen molar-refractivity contribution in [2.75, 3.05) is 32.2 Å². The molecule has 100 valence electrons. The molecule has 3 N–H and O–H groups in total. The molecule has 18 heavy (non-hydrogen) atoms. The number of ketones is 1. The SMILES string of the molecule is CC(=O)c1cc(Br)cc(N)c1OCCOCCO. The fourth-order valence-electron chi connectivity index (χ4n) is 1.41. The Morgan fingerprint density at radius 1 is 1.39 bits per heavy atom. The van der Waals surface area contributed by atoms with Gasteiger partial charge >= 0.3 is 0 Å². The molecule has 0 aromatic heterocycles. The number of carbonyl (C=O) groups is 1. The van der Waals surface area contributed by atoms with Crippen molar-refractivity contribution in [3.05, 3.63) is 22.2 Å². The van der Waals surface area contributed by atoms with Crippen molar-refractivity contribution in [2.45, 2.75) is 6.92 Å². The Hall–Kier alpha value is -1.11. The zero-order chi connectivity index (χ0) is 13.5. The largest absolute Gasteiger partial charge is 0.488 e. The first-order chi connectivity index (χ1) is 8.56. The number of hydrogen-bond donors (Lipinski definition) is 2. The van der Waals surface area contributed by atoms with Crippen LogP contribution < -0.4 is 10.5 Å². The van der Waals surface area contributed by atoms with Crippen LogP contribution in [0.3, 0.4) is 0 Å². The molecule has 0 aliphatic carbocycles. The van der Waals surface area contributed by atoms with Gasteiger partial charge in [0, 0.05) is 4.47 Å². The predicted octanol–water partition coefficient (Wildman–Crippen LogP) is 1.62. The molecular weight excluding hydrogens is 302 g/mol. The molecule has 1 aromatic rings. The first-order valence-electron chi connectivity index (χ1n) is 5.47. The average molecular weight is 318 g/mol. The number of rotatable bonds is 7. The van der Waals surface area contributed by atoms with E-state index in [0.29, 0.717) is 23.6 Å². The molecule has 0 amide bonds. The summed E-state index contributed by atoms with van der Waals surface area (Å²) in [5.41, 5.74) is 6.65. The van der Waals surface area contributed by atoms with Gasteiger partial charge < -0.3 is 20.3 Å². The highest BCUT2D eigenvalue weighted by Gasteiger charge is 2.13. The summed E-state index contributed by atoms with van der Waals surface area (Å²) in [6.07, 6.45) is 0. The number of hydrogen-bond acceptors (Lipinski definition) is 5. The van der Waals surface area contributed by atoms with E-state index in [-0.39, 0.29) is 25.6 Å². The number of aliphatic hydroxyl groups excluding tert-OH is 1. The van der Waals surface area contributed by atoms with E-state index in [1.807, 2.05) is 0 Å². The minimum atomic E-state index is -0.116. The summed E-state index contributed by atoms with van der Waals surface area (Å²) in [6, 6.07) is 3.35. The molecule has 0 bridgehead atoms. The second kappa shape index (κ2) is 7.35. The van der Waals surface area contributed by atoms with Gasteiger partial charge in [0.15, 0.2) is 11.5 Å². The maximum Gasteiger partial charge on any atom is 0.163 e. The smallest absolute Gasteiger partial charge is 0.163 e. The number of aliphatic hydroxyl groups is 1. The van der Waals surface area contributed by atoms with Crippen LogP contribution in [-0.2, 0) is 4.74 Å². The maximum absolute atomic E-state index is 11.5. The Morgan fingerprint density at radius 2 is 2.11 bits per heavy atom. The summed E-state index contributed by atoms with van der Waals surface area (Å²) in [6.45, 7) is 2.29. The van der Waals surface area contributed by atoms with Crippen molar-refractivity contribution in [3.8, 4) is 5.75 Å². The number of Topliss-reactive ketones (excluding diaryl/α,β-unsaturated/α-hetero) is 1. The summed E-state index contributed by atoms with van der Waals surface area (Å²) >= 11 is 3.28. The van der Waals surface area contributed by atoms with E-state index in [4.69, 9.17) is 20.3 Å². The molecule has 1 rings (SSSR count). The van der Waals surface area contributed by atoms with E-state index < -0.39 is 0 Å². The lowest BCUT2D eigenvalue weighted by Gasteiger charge is -2.13. The van der Waals surface area contributed by atoms with Gasteiger partial charge in [0.05, 0.1) is 31.1 Å². The summed E-state index contributed by atoms with van der Waals surface area (Å²) < 4.78 is 11.2. The zero-order valence-electron chi connectivity index (χ0n) is 10.1. The summed E-state index contributed by atoms with van der Waals surface area (Å²) in [5.74, 6) is 0.257. The molecule has 5 nitrogen and oxygen atoms in total. The van der Waals surface area contributed by atoms with Crippen molar-refractivity contribution in [1.29, 1.82) is 0 Å². The Bertz CT molecular complexity index is 423. The lowest BCUT2D eigenvalue weighted by molar-refractivity contribution is 0.0702. The number of anilines is 1. The molecule has 0 saturated carbocycles. The second-order valence-corrected chi connectivity index (χ2v) is 4.53. The molecule has 0 aliphatic rings. The van der Waals surface area contributed by atoms with Crippen LogP contribution in [-0.4, -0.2) is 37.3 Å². The van der Waals surface area contributed by atoms with Crippen LogP contribution in [0.2, 0.25) is 0 Å². The first kappa shape index (κ1) is 14.9. The standard InChI is InChI=1S/C12H16BrNO4/c1-8(16)10-6-9(13)7-11(14)12(10)18-5-4-17-3-2-15/h6-7,15H,2-5,14H2,1H3. The van der Waals surface area contributed by atoms with E-state index in [9.17, 15) is 4.79 Å². The van der Waals surface area contributed by atoms with Gasteiger partial charge in [-0.05, 0) is 19.1 Å².